The zero-order valence-corrected chi connectivity index (χ0v) is 10.5. The first-order valence-electron chi connectivity index (χ1n) is 5.90. The van der Waals surface area contributed by atoms with Crippen molar-refractivity contribution in [2.24, 2.45) is 0 Å². The van der Waals surface area contributed by atoms with Crippen LogP contribution in [0.3, 0.4) is 0 Å². The van der Waals surface area contributed by atoms with Gasteiger partial charge in [-0.25, -0.2) is 9.59 Å². The Morgan fingerprint density at radius 3 is 2.65 bits per heavy atom. The van der Waals surface area contributed by atoms with Crippen molar-refractivity contribution >= 4 is 22.8 Å². The number of hydrogen-bond donors (Lipinski definition) is 2. The summed E-state index contributed by atoms with van der Waals surface area (Å²) in [4.78, 5) is 25.9. The van der Waals surface area contributed by atoms with Crippen LogP contribution in [0.4, 0.5) is 4.79 Å². The smallest absolute Gasteiger partial charge is 0.431 e. The lowest BCUT2D eigenvalue weighted by Gasteiger charge is -2.08. The van der Waals surface area contributed by atoms with Gasteiger partial charge >= 0.3 is 12.1 Å². The highest BCUT2D eigenvalue weighted by Crippen LogP contribution is 2.19. The lowest BCUT2D eigenvalue weighted by atomic mass is 10.1. The Morgan fingerprint density at radius 1 is 1.10 bits per heavy atom. The first kappa shape index (κ1) is 13.8. The summed E-state index contributed by atoms with van der Waals surface area (Å²) in [5.41, 5.74) is 2.75. The van der Waals surface area contributed by atoms with Gasteiger partial charge in [-0.3, -0.25) is 4.84 Å². The Kier molecular flexibility index (Phi) is 4.52. The topological polar surface area (TPSA) is 84.9 Å². The SMILES string of the molecule is O=C(O)CONC(=O)OCc1cccc2ccccc12. The number of amides is 1. The van der Waals surface area contributed by atoms with Crippen LogP contribution in [0.1, 0.15) is 5.56 Å². The van der Waals surface area contributed by atoms with E-state index in [4.69, 9.17) is 9.84 Å². The van der Waals surface area contributed by atoms with Gasteiger partial charge in [0.25, 0.3) is 0 Å². The number of carboxylic acids is 1. The second kappa shape index (κ2) is 6.53. The molecule has 0 fully saturated rings. The summed E-state index contributed by atoms with van der Waals surface area (Å²) in [6, 6.07) is 13.4. The van der Waals surface area contributed by atoms with Crippen LogP contribution in [0, 0.1) is 0 Å². The molecular formula is C14H13NO5. The number of hydrogen-bond acceptors (Lipinski definition) is 4. The monoisotopic (exact) mass is 275 g/mol. The van der Waals surface area contributed by atoms with Gasteiger partial charge in [-0.15, -0.1) is 0 Å². The molecule has 2 rings (SSSR count). The largest absolute Gasteiger partial charge is 0.479 e. The van der Waals surface area contributed by atoms with Crippen molar-refractivity contribution in [3.05, 3.63) is 48.0 Å². The van der Waals surface area contributed by atoms with E-state index in [1.807, 2.05) is 47.9 Å². The maximum Gasteiger partial charge on any atom is 0.431 e. The minimum absolute atomic E-state index is 0.0730. The maximum absolute atomic E-state index is 11.3. The van der Waals surface area contributed by atoms with Gasteiger partial charge in [0.05, 0.1) is 0 Å². The van der Waals surface area contributed by atoms with E-state index in [2.05, 4.69) is 4.84 Å². The summed E-state index contributed by atoms with van der Waals surface area (Å²) in [5.74, 6) is -1.18. The summed E-state index contributed by atoms with van der Waals surface area (Å²) < 4.78 is 4.95. The molecule has 1 amide bonds. The zero-order valence-electron chi connectivity index (χ0n) is 10.5. The molecule has 0 aliphatic rings. The number of fused-ring (bicyclic) bond motifs is 1. The normalized spacial score (nSPS) is 10.2. The average Bonchev–Trinajstić information content (AvgIpc) is 2.44. The fourth-order valence-electron chi connectivity index (χ4n) is 1.75. The van der Waals surface area contributed by atoms with Crippen LogP contribution in [0.5, 0.6) is 0 Å². The van der Waals surface area contributed by atoms with Gasteiger partial charge in [-0.05, 0) is 16.3 Å². The van der Waals surface area contributed by atoms with Crippen molar-refractivity contribution in [1.82, 2.24) is 5.48 Å². The van der Waals surface area contributed by atoms with E-state index < -0.39 is 18.7 Å². The van der Waals surface area contributed by atoms with Gasteiger partial charge in [0.1, 0.15) is 6.61 Å². The van der Waals surface area contributed by atoms with E-state index >= 15 is 0 Å². The number of carboxylic acid groups (broad SMARTS) is 1. The molecule has 0 atom stereocenters. The predicted octanol–water partition coefficient (Wildman–Crippen LogP) is 2.08. The number of hydroxylamine groups is 1. The molecular weight excluding hydrogens is 262 g/mol. The second-order valence-corrected chi connectivity index (χ2v) is 4.00. The lowest BCUT2D eigenvalue weighted by Crippen LogP contribution is -2.27. The molecule has 20 heavy (non-hydrogen) atoms. The Labute approximate surface area is 114 Å². The van der Waals surface area contributed by atoms with E-state index in [9.17, 15) is 9.59 Å². The summed E-state index contributed by atoms with van der Waals surface area (Å²) in [7, 11) is 0. The van der Waals surface area contributed by atoms with Crippen LogP contribution in [0.15, 0.2) is 42.5 Å². The molecule has 104 valence electrons. The first-order valence-corrected chi connectivity index (χ1v) is 5.90. The van der Waals surface area contributed by atoms with Crippen molar-refractivity contribution < 1.29 is 24.3 Å². The molecule has 0 saturated heterocycles. The van der Waals surface area contributed by atoms with Crippen molar-refractivity contribution in [2.75, 3.05) is 6.61 Å². The van der Waals surface area contributed by atoms with Gasteiger partial charge in [0.15, 0.2) is 6.61 Å². The molecule has 6 nitrogen and oxygen atoms in total. The summed E-state index contributed by atoms with van der Waals surface area (Å²) in [5, 5.41) is 10.4. The number of aliphatic carboxylic acids is 1. The van der Waals surface area contributed by atoms with Crippen molar-refractivity contribution in [3.8, 4) is 0 Å². The van der Waals surface area contributed by atoms with Gasteiger partial charge < -0.3 is 9.84 Å². The fourth-order valence-corrected chi connectivity index (χ4v) is 1.75. The fraction of sp³-hybridized carbons (Fsp3) is 0.143. The molecule has 0 saturated carbocycles. The summed E-state index contributed by atoms with van der Waals surface area (Å²) in [6.45, 7) is -0.549. The molecule has 2 aromatic rings. The van der Waals surface area contributed by atoms with E-state index in [1.165, 1.54) is 0 Å². The highest BCUT2D eigenvalue weighted by Gasteiger charge is 2.06. The summed E-state index contributed by atoms with van der Waals surface area (Å²) in [6.07, 6.45) is -0.834. The van der Waals surface area contributed by atoms with E-state index in [1.54, 1.807) is 0 Å². The molecule has 0 radical (unpaired) electrons. The van der Waals surface area contributed by atoms with Crippen LogP contribution >= 0.6 is 0 Å². The minimum atomic E-state index is -1.18. The number of carbonyl (C=O) groups is 2. The summed E-state index contributed by atoms with van der Waals surface area (Å²) >= 11 is 0. The molecule has 6 heteroatoms. The van der Waals surface area contributed by atoms with E-state index in [0.717, 1.165) is 16.3 Å². The molecule has 0 aliphatic carbocycles. The average molecular weight is 275 g/mol. The van der Waals surface area contributed by atoms with Crippen LogP contribution in [-0.4, -0.2) is 23.8 Å². The molecule has 0 aliphatic heterocycles. The van der Waals surface area contributed by atoms with Crippen LogP contribution < -0.4 is 5.48 Å². The van der Waals surface area contributed by atoms with E-state index in [-0.39, 0.29) is 6.61 Å². The molecule has 0 bridgehead atoms. The Morgan fingerprint density at radius 2 is 1.85 bits per heavy atom. The molecule has 0 spiro atoms. The van der Waals surface area contributed by atoms with Gasteiger partial charge in [0.2, 0.25) is 0 Å². The molecule has 2 N–H and O–H groups in total. The van der Waals surface area contributed by atoms with E-state index in [0.29, 0.717) is 0 Å². The number of rotatable bonds is 5. The van der Waals surface area contributed by atoms with Gasteiger partial charge in [0, 0.05) is 0 Å². The third kappa shape index (κ3) is 3.69. The Hall–Kier alpha value is -2.60. The minimum Gasteiger partial charge on any atom is -0.479 e. The first-order chi connectivity index (χ1) is 9.66. The highest BCUT2D eigenvalue weighted by molar-refractivity contribution is 5.85. The zero-order chi connectivity index (χ0) is 14.4. The Bertz CT molecular complexity index is 620. The molecule has 0 aromatic heterocycles. The van der Waals surface area contributed by atoms with Crippen molar-refractivity contribution in [3.63, 3.8) is 0 Å². The second-order valence-electron chi connectivity index (χ2n) is 4.00. The Balaban J connectivity index is 1.92. The lowest BCUT2D eigenvalue weighted by molar-refractivity contribution is -0.144. The van der Waals surface area contributed by atoms with Gasteiger partial charge in [-0.2, -0.15) is 5.48 Å². The number of nitrogens with one attached hydrogen (secondary N) is 1. The highest BCUT2D eigenvalue weighted by atomic mass is 16.7. The van der Waals surface area contributed by atoms with Crippen molar-refractivity contribution in [1.29, 1.82) is 0 Å². The predicted molar refractivity (Wildman–Crippen MR) is 70.9 cm³/mol. The van der Waals surface area contributed by atoms with Crippen molar-refractivity contribution in [2.45, 2.75) is 6.61 Å². The van der Waals surface area contributed by atoms with Gasteiger partial charge in [-0.1, -0.05) is 42.5 Å². The molecule has 0 heterocycles. The molecule has 0 unspecified atom stereocenters. The number of benzene rings is 2. The maximum atomic E-state index is 11.3. The number of ether oxygens (including phenoxy) is 1. The third-order valence-corrected chi connectivity index (χ3v) is 2.59. The van der Waals surface area contributed by atoms with Crippen LogP contribution in [0.2, 0.25) is 0 Å². The van der Waals surface area contributed by atoms with Crippen LogP contribution in [-0.2, 0) is 21.0 Å². The third-order valence-electron chi connectivity index (χ3n) is 2.59. The van der Waals surface area contributed by atoms with Crippen LogP contribution in [0.25, 0.3) is 10.8 Å². The molecule has 2 aromatic carbocycles. The standard InChI is InChI=1S/C14H13NO5/c16-13(17)9-20-15-14(18)19-8-11-6-3-5-10-4-1-2-7-12(10)11/h1-7H,8-9H2,(H,15,18)(H,16,17). The number of carbonyl (C=O) groups excluding carboxylic acids is 1. The quantitative estimate of drug-likeness (QED) is 0.816.